The lowest BCUT2D eigenvalue weighted by Crippen LogP contribution is -2.18. The average Bonchev–Trinajstić information content (AvgIpc) is 2.45. The first-order chi connectivity index (χ1) is 7.36. The fourth-order valence-corrected chi connectivity index (χ4v) is 2.39. The SMILES string of the molecule is CC1=CC=CC2C3=CC=CCC=C3OC12. The molecule has 1 nitrogen and oxygen atoms in total. The van der Waals surface area contributed by atoms with Crippen molar-refractivity contribution in [3.05, 3.63) is 59.4 Å². The quantitative estimate of drug-likeness (QED) is 0.580. The molecule has 2 unspecified atom stereocenters. The first kappa shape index (κ1) is 8.78. The molecule has 15 heavy (non-hydrogen) atoms. The van der Waals surface area contributed by atoms with Gasteiger partial charge < -0.3 is 4.74 Å². The zero-order valence-electron chi connectivity index (χ0n) is 8.81. The molecule has 0 aromatic heterocycles. The van der Waals surface area contributed by atoms with Crippen LogP contribution in [0.15, 0.2) is 59.4 Å². The molecule has 1 saturated heterocycles. The highest BCUT2D eigenvalue weighted by atomic mass is 16.5. The van der Waals surface area contributed by atoms with E-state index in [0.29, 0.717) is 5.92 Å². The second-order valence-electron chi connectivity index (χ2n) is 4.21. The van der Waals surface area contributed by atoms with Crippen LogP contribution in [0.25, 0.3) is 0 Å². The summed E-state index contributed by atoms with van der Waals surface area (Å²) >= 11 is 0. The van der Waals surface area contributed by atoms with Crippen LogP contribution in [-0.2, 0) is 4.74 Å². The lowest BCUT2D eigenvalue weighted by molar-refractivity contribution is 0.173. The van der Waals surface area contributed by atoms with E-state index >= 15 is 0 Å². The number of allylic oxidation sites excluding steroid dienone is 7. The Bertz CT molecular complexity index is 432. The standard InChI is InChI=1S/C14H14O/c1-10-6-5-8-12-11-7-3-2-4-9-13(11)15-14(10)12/h2-3,5-9,12,14H,4H2,1H3. The van der Waals surface area contributed by atoms with Crippen LogP contribution in [0.2, 0.25) is 0 Å². The van der Waals surface area contributed by atoms with Gasteiger partial charge in [0.25, 0.3) is 0 Å². The van der Waals surface area contributed by atoms with Crippen LogP contribution in [0.5, 0.6) is 0 Å². The van der Waals surface area contributed by atoms with E-state index < -0.39 is 0 Å². The number of hydrogen-bond acceptors (Lipinski definition) is 1. The maximum Gasteiger partial charge on any atom is 0.130 e. The van der Waals surface area contributed by atoms with Crippen LogP contribution in [0.3, 0.4) is 0 Å². The predicted octanol–water partition coefficient (Wildman–Crippen LogP) is 3.29. The Hall–Kier alpha value is -1.50. The molecule has 0 amide bonds. The highest BCUT2D eigenvalue weighted by molar-refractivity contribution is 5.45. The highest BCUT2D eigenvalue weighted by Gasteiger charge is 2.37. The van der Waals surface area contributed by atoms with Gasteiger partial charge in [0.2, 0.25) is 0 Å². The summed E-state index contributed by atoms with van der Waals surface area (Å²) < 4.78 is 5.99. The van der Waals surface area contributed by atoms with Crippen molar-refractivity contribution in [1.29, 1.82) is 0 Å². The molecule has 0 aromatic carbocycles. The molecule has 0 spiro atoms. The van der Waals surface area contributed by atoms with Gasteiger partial charge in [0.05, 0.1) is 0 Å². The van der Waals surface area contributed by atoms with Crippen LogP contribution in [0, 0.1) is 5.92 Å². The van der Waals surface area contributed by atoms with Gasteiger partial charge in [-0.25, -0.2) is 0 Å². The van der Waals surface area contributed by atoms with E-state index in [-0.39, 0.29) is 6.10 Å². The van der Waals surface area contributed by atoms with E-state index in [1.54, 1.807) is 0 Å². The summed E-state index contributed by atoms with van der Waals surface area (Å²) in [6.45, 7) is 2.14. The predicted molar refractivity (Wildman–Crippen MR) is 61.2 cm³/mol. The zero-order chi connectivity index (χ0) is 10.3. The fraction of sp³-hybridized carbons (Fsp3) is 0.286. The lowest BCUT2D eigenvalue weighted by atomic mass is 9.87. The van der Waals surface area contributed by atoms with Crippen molar-refractivity contribution in [2.75, 3.05) is 0 Å². The molecule has 76 valence electrons. The van der Waals surface area contributed by atoms with Crippen molar-refractivity contribution in [3.8, 4) is 0 Å². The van der Waals surface area contributed by atoms with Crippen molar-refractivity contribution < 1.29 is 4.74 Å². The monoisotopic (exact) mass is 198 g/mol. The minimum atomic E-state index is 0.235. The normalized spacial score (nSPS) is 31.9. The molecule has 0 radical (unpaired) electrons. The molecular formula is C14H14O. The fourth-order valence-electron chi connectivity index (χ4n) is 2.39. The Labute approximate surface area is 90.1 Å². The maximum atomic E-state index is 5.99. The third kappa shape index (κ3) is 1.30. The number of fused-ring (bicyclic) bond motifs is 3. The van der Waals surface area contributed by atoms with Gasteiger partial charge in [0.15, 0.2) is 0 Å². The summed E-state index contributed by atoms with van der Waals surface area (Å²) in [5.74, 6) is 1.50. The number of rotatable bonds is 0. The Kier molecular flexibility index (Phi) is 1.91. The smallest absolute Gasteiger partial charge is 0.130 e. The number of ether oxygens (including phenoxy) is 1. The number of hydrogen-bond donors (Lipinski definition) is 0. The van der Waals surface area contributed by atoms with E-state index in [9.17, 15) is 0 Å². The van der Waals surface area contributed by atoms with Crippen molar-refractivity contribution >= 4 is 0 Å². The van der Waals surface area contributed by atoms with Crippen molar-refractivity contribution in [1.82, 2.24) is 0 Å². The summed E-state index contributed by atoms with van der Waals surface area (Å²) in [5.41, 5.74) is 2.65. The third-order valence-electron chi connectivity index (χ3n) is 3.20. The van der Waals surface area contributed by atoms with E-state index in [1.165, 1.54) is 11.1 Å². The minimum Gasteiger partial charge on any atom is -0.485 e. The lowest BCUT2D eigenvalue weighted by Gasteiger charge is -2.18. The van der Waals surface area contributed by atoms with Gasteiger partial charge in [-0.2, -0.15) is 0 Å². The van der Waals surface area contributed by atoms with Crippen LogP contribution >= 0.6 is 0 Å². The van der Waals surface area contributed by atoms with Crippen LogP contribution in [-0.4, -0.2) is 6.10 Å². The van der Waals surface area contributed by atoms with E-state index in [4.69, 9.17) is 4.74 Å². The molecule has 1 heterocycles. The van der Waals surface area contributed by atoms with Gasteiger partial charge in [-0.3, -0.25) is 0 Å². The third-order valence-corrected chi connectivity index (χ3v) is 3.20. The molecule has 3 aliphatic rings. The molecule has 2 atom stereocenters. The molecule has 3 rings (SSSR count). The highest BCUT2D eigenvalue weighted by Crippen LogP contribution is 2.41. The van der Waals surface area contributed by atoms with E-state index in [1.807, 2.05) is 0 Å². The largest absolute Gasteiger partial charge is 0.485 e. The topological polar surface area (TPSA) is 9.23 Å². The summed E-state index contributed by atoms with van der Waals surface area (Å²) in [5, 5.41) is 0. The second kappa shape index (κ2) is 3.27. The van der Waals surface area contributed by atoms with Gasteiger partial charge in [-0.05, 0) is 25.0 Å². The van der Waals surface area contributed by atoms with Gasteiger partial charge >= 0.3 is 0 Å². The first-order valence-electron chi connectivity index (χ1n) is 5.45. The van der Waals surface area contributed by atoms with Gasteiger partial charge in [0.1, 0.15) is 11.9 Å². The molecule has 0 saturated carbocycles. The van der Waals surface area contributed by atoms with Gasteiger partial charge in [-0.1, -0.05) is 36.5 Å². The van der Waals surface area contributed by atoms with Gasteiger partial charge in [0, 0.05) is 11.5 Å². The molecule has 0 aromatic rings. The van der Waals surface area contributed by atoms with Crippen molar-refractivity contribution in [2.24, 2.45) is 5.92 Å². The minimum absolute atomic E-state index is 0.235. The maximum absolute atomic E-state index is 5.99. The van der Waals surface area contributed by atoms with Crippen LogP contribution < -0.4 is 0 Å². The second-order valence-corrected chi connectivity index (χ2v) is 4.21. The Balaban J connectivity index is 2.05. The van der Waals surface area contributed by atoms with E-state index in [2.05, 4.69) is 49.5 Å². The zero-order valence-corrected chi connectivity index (χ0v) is 8.81. The first-order valence-corrected chi connectivity index (χ1v) is 5.45. The van der Waals surface area contributed by atoms with Crippen LogP contribution in [0.1, 0.15) is 13.3 Å². The molecule has 0 bridgehead atoms. The molecular weight excluding hydrogens is 184 g/mol. The summed E-state index contributed by atoms with van der Waals surface area (Å²) in [6, 6.07) is 0. The Morgan fingerprint density at radius 2 is 2.20 bits per heavy atom. The van der Waals surface area contributed by atoms with Crippen LogP contribution in [0.4, 0.5) is 0 Å². The molecule has 0 N–H and O–H groups in total. The van der Waals surface area contributed by atoms with Crippen molar-refractivity contribution in [2.45, 2.75) is 19.4 Å². The summed E-state index contributed by atoms with van der Waals surface area (Å²) in [4.78, 5) is 0. The van der Waals surface area contributed by atoms with E-state index in [0.717, 1.165) is 12.2 Å². The Morgan fingerprint density at radius 1 is 1.27 bits per heavy atom. The summed E-state index contributed by atoms with van der Waals surface area (Å²) in [7, 11) is 0. The molecule has 1 fully saturated rings. The average molecular weight is 198 g/mol. The van der Waals surface area contributed by atoms with Gasteiger partial charge in [-0.15, -0.1) is 0 Å². The molecule has 2 aliphatic carbocycles. The molecule has 1 heteroatoms. The van der Waals surface area contributed by atoms with Crippen molar-refractivity contribution in [3.63, 3.8) is 0 Å². The Morgan fingerprint density at radius 3 is 3.13 bits per heavy atom. The summed E-state index contributed by atoms with van der Waals surface area (Å²) in [6.07, 6.45) is 16.4. The molecule has 1 aliphatic heterocycles.